The Hall–Kier alpha value is -4.79. The number of amides is 3. The molecule has 14 heteroatoms. The minimum atomic E-state index is -3.62. The van der Waals surface area contributed by atoms with Crippen LogP contribution in [0.4, 0.5) is 21.2 Å². The van der Waals surface area contributed by atoms with Crippen LogP contribution < -0.4 is 9.91 Å². The molecule has 3 amide bonds. The van der Waals surface area contributed by atoms with Crippen molar-refractivity contribution in [3.8, 4) is 0 Å². The average Bonchev–Trinajstić information content (AvgIpc) is 3.79. The van der Waals surface area contributed by atoms with Crippen LogP contribution in [0.15, 0.2) is 77.9 Å². The standard InChI is InChI=1S/C38H42FN5O7Si/c1-24-36(52(2,3)39)33(21-35(47)41-18-8-13-29(41)23-45)51-38(24)30-20-28(44(49)50)14-16-32(30)42(37(38)48)22-25-9-7-12-27(19-25)43-34(46)17-15-31(40-43)26-10-5-4-6-11-26/h4-7,9-12,14,16,19-20,24,29,33,36,45H,8,13,15,17-18,21-23H2,1-3H3/t24-,29-,33+,36-,38+/m0/s1. The first-order chi connectivity index (χ1) is 24.8. The van der Waals surface area contributed by atoms with Crippen LogP contribution in [-0.4, -0.2) is 72.1 Å². The fourth-order valence-electron chi connectivity index (χ4n) is 8.71. The number of rotatable bonds is 9. The van der Waals surface area contributed by atoms with Crippen LogP contribution in [0.5, 0.6) is 0 Å². The fraction of sp³-hybridized carbons (Fsp3) is 0.421. The summed E-state index contributed by atoms with van der Waals surface area (Å²) in [5.41, 5.74) is 0.768. The highest BCUT2D eigenvalue weighted by Crippen LogP contribution is 2.60. The average molecular weight is 728 g/mol. The number of fused-ring (bicyclic) bond motifs is 2. The van der Waals surface area contributed by atoms with E-state index in [4.69, 9.17) is 4.74 Å². The van der Waals surface area contributed by atoms with Crippen LogP contribution in [0.1, 0.15) is 55.7 Å². The zero-order chi connectivity index (χ0) is 36.9. The second-order valence-corrected chi connectivity index (χ2v) is 18.5. The van der Waals surface area contributed by atoms with E-state index in [1.165, 1.54) is 41.2 Å². The van der Waals surface area contributed by atoms with Gasteiger partial charge in [0.25, 0.3) is 11.6 Å². The molecule has 4 heterocycles. The molecule has 0 bridgehead atoms. The third-order valence-electron chi connectivity index (χ3n) is 11.1. The van der Waals surface area contributed by atoms with Gasteiger partial charge in [0.15, 0.2) is 5.60 Å². The highest BCUT2D eigenvalue weighted by molar-refractivity contribution is 6.72. The minimum Gasteiger partial charge on any atom is -0.394 e. The molecule has 272 valence electrons. The maximum atomic E-state index is 16.4. The van der Waals surface area contributed by atoms with Gasteiger partial charge in [-0.3, -0.25) is 24.5 Å². The lowest BCUT2D eigenvalue weighted by atomic mass is 9.82. The topological polar surface area (TPSA) is 146 Å². The van der Waals surface area contributed by atoms with Crippen molar-refractivity contribution >= 4 is 48.9 Å². The summed E-state index contributed by atoms with van der Waals surface area (Å²) in [7, 11) is -3.62. The van der Waals surface area contributed by atoms with Gasteiger partial charge in [-0.1, -0.05) is 49.4 Å². The smallest absolute Gasteiger partial charge is 0.269 e. The molecule has 5 atom stereocenters. The Labute approximate surface area is 302 Å². The van der Waals surface area contributed by atoms with Crippen molar-refractivity contribution in [3.63, 3.8) is 0 Å². The number of benzene rings is 3. The Morgan fingerprint density at radius 3 is 2.58 bits per heavy atom. The number of non-ortho nitro benzene ring substituents is 1. The van der Waals surface area contributed by atoms with E-state index < -0.39 is 42.4 Å². The second-order valence-electron chi connectivity index (χ2n) is 14.7. The maximum Gasteiger partial charge on any atom is 0.269 e. The lowest BCUT2D eigenvalue weighted by molar-refractivity contribution is -0.385. The molecule has 0 unspecified atom stereocenters. The highest BCUT2D eigenvalue weighted by atomic mass is 28.4. The van der Waals surface area contributed by atoms with E-state index in [2.05, 4.69) is 5.10 Å². The summed E-state index contributed by atoms with van der Waals surface area (Å²) in [5.74, 6) is -1.70. The van der Waals surface area contributed by atoms with Crippen LogP contribution in [0, 0.1) is 16.0 Å². The van der Waals surface area contributed by atoms with Crippen LogP contribution >= 0.6 is 0 Å². The molecular formula is C38H42FN5O7Si. The van der Waals surface area contributed by atoms with Crippen molar-refractivity contribution in [2.24, 2.45) is 11.0 Å². The molecule has 2 saturated heterocycles. The van der Waals surface area contributed by atoms with Crippen LogP contribution in [0.2, 0.25) is 18.6 Å². The first-order valence-corrected chi connectivity index (χ1v) is 20.7. The molecule has 52 heavy (non-hydrogen) atoms. The molecule has 1 N–H and O–H groups in total. The van der Waals surface area contributed by atoms with Crippen molar-refractivity contribution in [1.29, 1.82) is 0 Å². The molecule has 3 aromatic rings. The summed E-state index contributed by atoms with van der Waals surface area (Å²) in [6.07, 6.45) is 1.06. The molecule has 7 rings (SSSR count). The SMILES string of the molecule is C[C@H]1[C@H]([Si](C)(C)F)[C@@H](CC(=O)N2CCC[C@H]2CO)O[C@]12C(=O)N(Cc1cccc(N3N=C(c4ccccc4)CCC3=O)c1)c1ccc([N+](=O)[O-])cc12. The Kier molecular flexibility index (Phi) is 9.34. The number of anilines is 2. The summed E-state index contributed by atoms with van der Waals surface area (Å²) < 4.78 is 23.1. The van der Waals surface area contributed by atoms with Gasteiger partial charge in [-0.2, -0.15) is 5.10 Å². The molecule has 4 aliphatic heterocycles. The minimum absolute atomic E-state index is 0.0310. The first kappa shape index (κ1) is 35.6. The van der Waals surface area contributed by atoms with Gasteiger partial charge in [-0.15, -0.1) is 0 Å². The van der Waals surface area contributed by atoms with E-state index in [1.807, 2.05) is 36.4 Å². The predicted octanol–water partition coefficient (Wildman–Crippen LogP) is 5.82. The van der Waals surface area contributed by atoms with Gasteiger partial charge in [-0.05, 0) is 55.3 Å². The van der Waals surface area contributed by atoms with Crippen molar-refractivity contribution < 1.29 is 33.3 Å². The molecule has 0 radical (unpaired) electrons. The summed E-state index contributed by atoms with van der Waals surface area (Å²) >= 11 is 0. The number of aliphatic hydroxyl groups excluding tert-OH is 1. The monoisotopic (exact) mass is 727 g/mol. The summed E-state index contributed by atoms with van der Waals surface area (Å²) in [6.45, 7) is 5.13. The van der Waals surface area contributed by atoms with Crippen molar-refractivity contribution in [2.75, 3.05) is 23.1 Å². The van der Waals surface area contributed by atoms with E-state index >= 15 is 4.11 Å². The first-order valence-electron chi connectivity index (χ1n) is 17.8. The van der Waals surface area contributed by atoms with Gasteiger partial charge in [0.1, 0.15) is 0 Å². The number of nitro benzene ring substituents is 1. The van der Waals surface area contributed by atoms with Crippen LogP contribution in [0.25, 0.3) is 0 Å². The molecule has 3 aromatic carbocycles. The number of nitrogens with zero attached hydrogens (tertiary/aromatic N) is 5. The molecular weight excluding hydrogens is 686 g/mol. The van der Waals surface area contributed by atoms with E-state index in [0.29, 0.717) is 36.3 Å². The Morgan fingerprint density at radius 2 is 1.87 bits per heavy atom. The quantitative estimate of drug-likeness (QED) is 0.127. The van der Waals surface area contributed by atoms with Gasteiger partial charge in [0.05, 0.1) is 53.7 Å². The third kappa shape index (κ3) is 6.11. The summed E-state index contributed by atoms with van der Waals surface area (Å²) in [6, 6.07) is 20.6. The lowest BCUT2D eigenvalue weighted by Gasteiger charge is -2.31. The molecule has 4 aliphatic rings. The van der Waals surface area contributed by atoms with E-state index in [1.54, 1.807) is 30.0 Å². The molecule has 1 spiro atoms. The number of carbonyl (C=O) groups is 3. The number of hydrogen-bond acceptors (Lipinski definition) is 8. The van der Waals surface area contributed by atoms with Crippen molar-refractivity contribution in [1.82, 2.24) is 4.90 Å². The number of hydrazone groups is 1. The summed E-state index contributed by atoms with van der Waals surface area (Å²) in [5, 5.41) is 27.9. The van der Waals surface area contributed by atoms with Gasteiger partial charge in [0.2, 0.25) is 20.2 Å². The Bertz CT molecular complexity index is 1950. The number of nitro groups is 1. The molecule has 0 saturated carbocycles. The van der Waals surface area contributed by atoms with Crippen LogP contribution in [-0.2, 0) is 31.3 Å². The number of ether oxygens (including phenoxy) is 1. The number of aliphatic hydroxyl groups is 1. The number of likely N-dealkylation sites (tertiary alicyclic amines) is 1. The van der Waals surface area contributed by atoms with Gasteiger partial charge in [-0.25, -0.2) is 5.01 Å². The zero-order valence-corrected chi connectivity index (χ0v) is 30.4. The largest absolute Gasteiger partial charge is 0.394 e. The fourth-order valence-corrected chi connectivity index (χ4v) is 11.2. The summed E-state index contributed by atoms with van der Waals surface area (Å²) in [4.78, 5) is 56.2. The highest BCUT2D eigenvalue weighted by Gasteiger charge is 2.67. The maximum absolute atomic E-state index is 16.4. The lowest BCUT2D eigenvalue weighted by Crippen LogP contribution is -2.45. The van der Waals surface area contributed by atoms with Crippen molar-refractivity contribution in [3.05, 3.63) is 99.6 Å². The molecule has 12 nitrogen and oxygen atoms in total. The van der Waals surface area contributed by atoms with Gasteiger partial charge >= 0.3 is 0 Å². The Balaban J connectivity index is 1.24. The van der Waals surface area contributed by atoms with E-state index in [9.17, 15) is 29.6 Å². The van der Waals surface area contributed by atoms with Gasteiger partial charge in [0, 0.05) is 48.5 Å². The third-order valence-corrected chi connectivity index (χ3v) is 13.5. The van der Waals surface area contributed by atoms with Gasteiger partial charge < -0.3 is 23.8 Å². The van der Waals surface area contributed by atoms with E-state index in [-0.39, 0.29) is 55.1 Å². The second kappa shape index (κ2) is 13.6. The number of hydrogen-bond donors (Lipinski definition) is 1. The predicted molar refractivity (Wildman–Crippen MR) is 195 cm³/mol. The number of halogens is 1. The van der Waals surface area contributed by atoms with Crippen LogP contribution in [0.3, 0.4) is 0 Å². The zero-order valence-electron chi connectivity index (χ0n) is 29.4. The van der Waals surface area contributed by atoms with Crippen molar-refractivity contribution in [2.45, 2.75) is 82.0 Å². The van der Waals surface area contributed by atoms with E-state index in [0.717, 1.165) is 17.7 Å². The molecule has 2 fully saturated rings. The Morgan fingerprint density at radius 1 is 1.10 bits per heavy atom. The molecule has 0 aromatic heterocycles. The molecule has 0 aliphatic carbocycles. The number of carbonyl (C=O) groups excluding carboxylic acids is 3. The normalized spacial score (nSPS) is 25.9.